The quantitative estimate of drug-likeness (QED) is 0.648. The molecule has 1 fully saturated rings. The Hall–Kier alpha value is -0.0800. The van der Waals surface area contributed by atoms with Crippen LogP contribution < -0.4 is 5.32 Å². The van der Waals surface area contributed by atoms with Gasteiger partial charge < -0.3 is 10.4 Å². The first-order valence-electron chi connectivity index (χ1n) is 8.16. The summed E-state index contributed by atoms with van der Waals surface area (Å²) in [5.41, 5.74) is 0. The number of aliphatic hydroxyl groups is 1. The molecule has 0 saturated heterocycles. The van der Waals surface area contributed by atoms with E-state index in [0.29, 0.717) is 6.61 Å². The van der Waals surface area contributed by atoms with E-state index in [-0.39, 0.29) is 0 Å². The molecule has 0 aromatic carbocycles. The summed E-state index contributed by atoms with van der Waals surface area (Å²) >= 11 is 0. The molecule has 108 valence electrons. The van der Waals surface area contributed by atoms with Crippen molar-refractivity contribution in [1.82, 2.24) is 5.32 Å². The van der Waals surface area contributed by atoms with Crippen molar-refractivity contribution in [3.8, 4) is 0 Å². The van der Waals surface area contributed by atoms with Gasteiger partial charge in [-0.25, -0.2) is 0 Å². The largest absolute Gasteiger partial charge is 0.396 e. The van der Waals surface area contributed by atoms with Crippen molar-refractivity contribution in [3.63, 3.8) is 0 Å². The second-order valence-electron chi connectivity index (χ2n) is 6.05. The number of unbranched alkanes of at least 4 members (excludes halogenated alkanes) is 1. The molecule has 0 spiro atoms. The second-order valence-corrected chi connectivity index (χ2v) is 6.05. The van der Waals surface area contributed by atoms with E-state index in [0.717, 1.165) is 31.3 Å². The zero-order valence-electron chi connectivity index (χ0n) is 12.3. The second kappa shape index (κ2) is 10.8. The Morgan fingerprint density at radius 1 is 0.944 bits per heavy atom. The van der Waals surface area contributed by atoms with Crippen molar-refractivity contribution < 1.29 is 5.11 Å². The van der Waals surface area contributed by atoms with Crippen LogP contribution in [0.25, 0.3) is 0 Å². The number of hydrogen-bond donors (Lipinski definition) is 2. The predicted molar refractivity (Wildman–Crippen MR) is 78.8 cm³/mol. The van der Waals surface area contributed by atoms with Gasteiger partial charge in [-0.05, 0) is 37.8 Å². The third-order valence-electron chi connectivity index (χ3n) is 4.48. The molecule has 0 bridgehead atoms. The van der Waals surface area contributed by atoms with Crippen LogP contribution in [0.1, 0.15) is 71.1 Å². The van der Waals surface area contributed by atoms with Gasteiger partial charge in [-0.3, -0.25) is 0 Å². The number of hydrogen-bond acceptors (Lipinski definition) is 2. The fourth-order valence-electron chi connectivity index (χ4n) is 3.16. The van der Waals surface area contributed by atoms with E-state index >= 15 is 0 Å². The van der Waals surface area contributed by atoms with Crippen LogP contribution in [0.3, 0.4) is 0 Å². The molecule has 1 saturated carbocycles. The molecule has 2 unspecified atom stereocenters. The Kier molecular flexibility index (Phi) is 9.59. The molecule has 18 heavy (non-hydrogen) atoms. The maximum Gasteiger partial charge on any atom is 0.0443 e. The molecular formula is C16H33NO. The fraction of sp³-hybridized carbons (Fsp3) is 1.00. The average Bonchev–Trinajstić information content (AvgIpc) is 2.36. The summed E-state index contributed by atoms with van der Waals surface area (Å²) in [6, 6.07) is 0. The van der Waals surface area contributed by atoms with Crippen molar-refractivity contribution in [2.75, 3.05) is 19.7 Å². The Balaban J connectivity index is 2.01. The lowest BCUT2D eigenvalue weighted by molar-refractivity contribution is 0.258. The van der Waals surface area contributed by atoms with Crippen LogP contribution >= 0.6 is 0 Å². The van der Waals surface area contributed by atoms with E-state index in [9.17, 15) is 0 Å². The van der Waals surface area contributed by atoms with Gasteiger partial charge in [-0.1, -0.05) is 58.3 Å². The molecule has 1 rings (SSSR count). The van der Waals surface area contributed by atoms with E-state index in [1.807, 2.05) is 0 Å². The van der Waals surface area contributed by atoms with Crippen LogP contribution in [0.2, 0.25) is 0 Å². The van der Waals surface area contributed by atoms with Crippen LogP contribution in [0.15, 0.2) is 0 Å². The summed E-state index contributed by atoms with van der Waals surface area (Å²) < 4.78 is 0. The normalized spacial score (nSPS) is 25.7. The van der Waals surface area contributed by atoms with Gasteiger partial charge in [-0.15, -0.1) is 0 Å². The third kappa shape index (κ3) is 7.38. The summed E-state index contributed by atoms with van der Waals surface area (Å²) in [6.45, 7) is 4.87. The minimum Gasteiger partial charge on any atom is -0.396 e. The van der Waals surface area contributed by atoms with Gasteiger partial charge in [0, 0.05) is 6.61 Å². The molecule has 2 nitrogen and oxygen atoms in total. The minimum absolute atomic E-state index is 0.312. The van der Waals surface area contributed by atoms with Crippen LogP contribution in [0.5, 0.6) is 0 Å². The Morgan fingerprint density at radius 3 is 2.44 bits per heavy atom. The highest BCUT2D eigenvalue weighted by molar-refractivity contribution is 4.70. The Bertz CT molecular complexity index is 184. The van der Waals surface area contributed by atoms with Crippen LogP contribution in [-0.4, -0.2) is 24.8 Å². The van der Waals surface area contributed by atoms with Crippen LogP contribution in [0.4, 0.5) is 0 Å². The molecule has 0 radical (unpaired) electrons. The van der Waals surface area contributed by atoms with Gasteiger partial charge in [0.2, 0.25) is 0 Å². The average molecular weight is 255 g/mol. The molecule has 2 N–H and O–H groups in total. The molecule has 0 aromatic rings. The Morgan fingerprint density at radius 2 is 1.67 bits per heavy atom. The van der Waals surface area contributed by atoms with E-state index in [4.69, 9.17) is 5.11 Å². The molecule has 0 heterocycles. The van der Waals surface area contributed by atoms with E-state index in [1.165, 1.54) is 57.8 Å². The van der Waals surface area contributed by atoms with E-state index < -0.39 is 0 Å². The zero-order valence-corrected chi connectivity index (χ0v) is 12.3. The summed E-state index contributed by atoms with van der Waals surface area (Å²) in [6.07, 6.45) is 13.8. The molecule has 0 aromatic heterocycles. The molecule has 2 heteroatoms. The highest BCUT2D eigenvalue weighted by Crippen LogP contribution is 2.30. The SMILES string of the molecule is CC1CCCCCCC1CCCCNCCCO. The minimum atomic E-state index is 0.312. The maximum absolute atomic E-state index is 8.68. The standard InChI is InChI=1S/C16H33NO/c1-15-9-4-2-3-5-10-16(15)11-6-7-12-17-13-8-14-18/h15-18H,2-14H2,1H3. The smallest absolute Gasteiger partial charge is 0.0443 e. The summed E-state index contributed by atoms with van der Waals surface area (Å²) in [7, 11) is 0. The zero-order chi connectivity index (χ0) is 13.1. The lowest BCUT2D eigenvalue weighted by Gasteiger charge is -2.26. The first-order valence-corrected chi connectivity index (χ1v) is 8.16. The lowest BCUT2D eigenvalue weighted by Crippen LogP contribution is -2.18. The highest BCUT2D eigenvalue weighted by atomic mass is 16.3. The monoisotopic (exact) mass is 255 g/mol. The van der Waals surface area contributed by atoms with Crippen molar-refractivity contribution >= 4 is 0 Å². The lowest BCUT2D eigenvalue weighted by atomic mass is 9.80. The molecule has 2 atom stereocenters. The number of nitrogens with one attached hydrogen (secondary N) is 1. The van der Waals surface area contributed by atoms with Crippen molar-refractivity contribution in [2.24, 2.45) is 11.8 Å². The molecule has 0 aliphatic heterocycles. The first kappa shape index (κ1) is 16.0. The van der Waals surface area contributed by atoms with Crippen LogP contribution in [-0.2, 0) is 0 Å². The van der Waals surface area contributed by atoms with Gasteiger partial charge in [0.25, 0.3) is 0 Å². The van der Waals surface area contributed by atoms with E-state index in [2.05, 4.69) is 12.2 Å². The van der Waals surface area contributed by atoms with Gasteiger partial charge in [-0.2, -0.15) is 0 Å². The summed E-state index contributed by atoms with van der Waals surface area (Å²) in [4.78, 5) is 0. The molecule has 0 amide bonds. The summed E-state index contributed by atoms with van der Waals surface area (Å²) in [5, 5.41) is 12.1. The van der Waals surface area contributed by atoms with Crippen molar-refractivity contribution in [3.05, 3.63) is 0 Å². The molecule has 1 aliphatic rings. The maximum atomic E-state index is 8.68. The molecular weight excluding hydrogens is 222 g/mol. The van der Waals surface area contributed by atoms with Gasteiger partial charge in [0.1, 0.15) is 0 Å². The number of rotatable bonds is 8. The topological polar surface area (TPSA) is 32.3 Å². The number of aliphatic hydroxyl groups excluding tert-OH is 1. The van der Waals surface area contributed by atoms with Crippen LogP contribution in [0, 0.1) is 11.8 Å². The van der Waals surface area contributed by atoms with Gasteiger partial charge in [0.15, 0.2) is 0 Å². The Labute approximate surface area is 114 Å². The predicted octanol–water partition coefficient (Wildman–Crippen LogP) is 3.74. The van der Waals surface area contributed by atoms with E-state index in [1.54, 1.807) is 0 Å². The third-order valence-corrected chi connectivity index (χ3v) is 4.48. The highest BCUT2D eigenvalue weighted by Gasteiger charge is 2.18. The van der Waals surface area contributed by atoms with Gasteiger partial charge >= 0.3 is 0 Å². The molecule has 1 aliphatic carbocycles. The van der Waals surface area contributed by atoms with Crippen molar-refractivity contribution in [2.45, 2.75) is 71.1 Å². The van der Waals surface area contributed by atoms with Gasteiger partial charge in [0.05, 0.1) is 0 Å². The summed E-state index contributed by atoms with van der Waals surface area (Å²) in [5.74, 6) is 1.94. The first-order chi connectivity index (χ1) is 8.84. The van der Waals surface area contributed by atoms with Crippen molar-refractivity contribution in [1.29, 1.82) is 0 Å². The fourth-order valence-corrected chi connectivity index (χ4v) is 3.16.